The van der Waals surface area contributed by atoms with Crippen molar-refractivity contribution in [2.45, 2.75) is 17.3 Å². The average molecular weight is 225 g/mol. The molecule has 1 saturated heterocycles. The van der Waals surface area contributed by atoms with Crippen molar-refractivity contribution in [2.24, 2.45) is 5.92 Å². The van der Waals surface area contributed by atoms with Crippen molar-refractivity contribution in [3.05, 3.63) is 0 Å². The van der Waals surface area contributed by atoms with Crippen LogP contribution in [-0.2, 0) is 0 Å². The van der Waals surface area contributed by atoms with Crippen molar-refractivity contribution in [3.8, 4) is 0 Å². The van der Waals surface area contributed by atoms with Crippen LogP contribution in [0.2, 0.25) is 0 Å². The van der Waals surface area contributed by atoms with Crippen LogP contribution in [0, 0.1) is 5.92 Å². The van der Waals surface area contributed by atoms with E-state index in [1.807, 2.05) is 0 Å². The first-order valence-electron chi connectivity index (χ1n) is 3.15. The smallest absolute Gasteiger partial charge is 0.0122 e. The molecular formula is C6H12IN. The minimum absolute atomic E-state index is 0.850. The average Bonchev–Trinajstić information content (AvgIpc) is 2.12. The van der Waals surface area contributed by atoms with E-state index in [2.05, 4.69) is 34.8 Å². The monoisotopic (exact) mass is 225 g/mol. The Balaban J connectivity index is 2.24. The summed E-state index contributed by atoms with van der Waals surface area (Å²) in [5.74, 6) is 0.940. The van der Waals surface area contributed by atoms with Crippen molar-refractivity contribution >= 4 is 22.6 Å². The van der Waals surface area contributed by atoms with Gasteiger partial charge in [-0.25, -0.2) is 0 Å². The largest absolute Gasteiger partial charge is 0.316 e. The molecule has 0 saturated carbocycles. The van der Waals surface area contributed by atoms with E-state index in [4.69, 9.17) is 0 Å². The molecular weight excluding hydrogens is 213 g/mol. The molecule has 0 radical (unpaired) electrons. The van der Waals surface area contributed by atoms with Gasteiger partial charge >= 0.3 is 0 Å². The zero-order chi connectivity index (χ0) is 5.98. The molecule has 1 heterocycles. The van der Waals surface area contributed by atoms with Gasteiger partial charge in [0.2, 0.25) is 0 Å². The van der Waals surface area contributed by atoms with Crippen molar-refractivity contribution in [2.75, 3.05) is 13.1 Å². The van der Waals surface area contributed by atoms with Crippen LogP contribution < -0.4 is 5.32 Å². The molecule has 1 aliphatic heterocycles. The minimum atomic E-state index is 0.850. The maximum atomic E-state index is 3.35. The van der Waals surface area contributed by atoms with E-state index < -0.39 is 0 Å². The van der Waals surface area contributed by atoms with Crippen molar-refractivity contribution in [1.82, 2.24) is 5.32 Å². The van der Waals surface area contributed by atoms with Gasteiger partial charge in [-0.2, -0.15) is 0 Å². The highest BCUT2D eigenvalue weighted by atomic mass is 127. The second-order valence-corrected chi connectivity index (χ2v) is 4.40. The lowest BCUT2D eigenvalue weighted by Gasteiger charge is -2.08. The third-order valence-corrected chi connectivity index (χ3v) is 2.77. The van der Waals surface area contributed by atoms with Crippen LogP contribution in [0.4, 0.5) is 0 Å². The number of hydrogen-bond acceptors (Lipinski definition) is 1. The lowest BCUT2D eigenvalue weighted by molar-refractivity contribution is 0.592. The summed E-state index contributed by atoms with van der Waals surface area (Å²) in [7, 11) is 0. The summed E-state index contributed by atoms with van der Waals surface area (Å²) in [6.07, 6.45) is 1.38. The molecule has 1 aliphatic rings. The van der Waals surface area contributed by atoms with Gasteiger partial charge in [0, 0.05) is 3.92 Å². The predicted octanol–water partition coefficient (Wildman–Crippen LogP) is 1.42. The molecule has 0 amide bonds. The Morgan fingerprint density at radius 3 is 2.75 bits per heavy atom. The quantitative estimate of drug-likeness (QED) is 0.525. The zero-order valence-corrected chi connectivity index (χ0v) is 7.31. The summed E-state index contributed by atoms with van der Waals surface area (Å²) < 4.78 is 0.850. The van der Waals surface area contributed by atoms with Gasteiger partial charge in [-0.1, -0.05) is 29.5 Å². The summed E-state index contributed by atoms with van der Waals surface area (Å²) in [4.78, 5) is 0. The number of hydrogen-bond donors (Lipinski definition) is 1. The topological polar surface area (TPSA) is 12.0 Å². The van der Waals surface area contributed by atoms with E-state index in [1.165, 1.54) is 19.5 Å². The molecule has 0 aromatic heterocycles. The molecule has 2 heteroatoms. The highest BCUT2D eigenvalue weighted by molar-refractivity contribution is 14.1. The lowest BCUT2D eigenvalue weighted by Crippen LogP contribution is -2.14. The molecule has 1 fully saturated rings. The fourth-order valence-electron chi connectivity index (χ4n) is 1.07. The van der Waals surface area contributed by atoms with Gasteiger partial charge in [-0.05, 0) is 25.4 Å². The summed E-state index contributed by atoms with van der Waals surface area (Å²) >= 11 is 2.50. The van der Waals surface area contributed by atoms with Gasteiger partial charge in [-0.15, -0.1) is 0 Å². The van der Waals surface area contributed by atoms with E-state index in [1.54, 1.807) is 0 Å². The summed E-state index contributed by atoms with van der Waals surface area (Å²) in [6.45, 7) is 4.76. The molecule has 1 N–H and O–H groups in total. The minimum Gasteiger partial charge on any atom is -0.316 e. The highest BCUT2D eigenvalue weighted by Gasteiger charge is 2.17. The van der Waals surface area contributed by atoms with Crippen molar-refractivity contribution < 1.29 is 0 Å². The molecule has 0 aromatic carbocycles. The molecule has 0 aliphatic carbocycles. The fourth-order valence-corrected chi connectivity index (χ4v) is 1.68. The lowest BCUT2D eigenvalue weighted by atomic mass is 10.1. The van der Waals surface area contributed by atoms with E-state index >= 15 is 0 Å². The Hall–Kier alpha value is 0.690. The Bertz CT molecular complexity index is 66.9. The van der Waals surface area contributed by atoms with Crippen LogP contribution in [0.25, 0.3) is 0 Å². The highest BCUT2D eigenvalue weighted by Crippen LogP contribution is 2.18. The molecule has 1 rings (SSSR count). The van der Waals surface area contributed by atoms with Crippen LogP contribution in [-0.4, -0.2) is 17.0 Å². The van der Waals surface area contributed by atoms with E-state index in [0.29, 0.717) is 0 Å². The van der Waals surface area contributed by atoms with E-state index in [9.17, 15) is 0 Å². The maximum Gasteiger partial charge on any atom is 0.0122 e. The summed E-state index contributed by atoms with van der Waals surface area (Å²) in [5, 5.41) is 3.35. The zero-order valence-electron chi connectivity index (χ0n) is 5.15. The summed E-state index contributed by atoms with van der Waals surface area (Å²) in [6, 6.07) is 0. The third kappa shape index (κ3) is 1.58. The molecule has 48 valence electrons. The normalized spacial score (nSPS) is 33.0. The second kappa shape index (κ2) is 3.01. The van der Waals surface area contributed by atoms with Gasteiger partial charge in [0.1, 0.15) is 0 Å². The standard InChI is InChI=1S/C6H12IN/c1-5(7)6-2-3-8-4-6/h5-6,8H,2-4H2,1H3/t5?,6-/m0/s1. The Kier molecular flexibility index (Phi) is 2.56. The fraction of sp³-hybridized carbons (Fsp3) is 1.00. The first-order valence-corrected chi connectivity index (χ1v) is 4.40. The first-order chi connectivity index (χ1) is 3.80. The Labute approximate surface area is 64.4 Å². The van der Waals surface area contributed by atoms with Crippen LogP contribution >= 0.6 is 22.6 Å². The van der Waals surface area contributed by atoms with Crippen molar-refractivity contribution in [3.63, 3.8) is 0 Å². The molecule has 0 aromatic rings. The maximum absolute atomic E-state index is 3.35. The number of nitrogens with one attached hydrogen (secondary N) is 1. The van der Waals surface area contributed by atoms with Crippen LogP contribution in [0.1, 0.15) is 13.3 Å². The molecule has 1 unspecified atom stereocenters. The summed E-state index contributed by atoms with van der Waals surface area (Å²) in [5.41, 5.74) is 0. The number of rotatable bonds is 1. The van der Waals surface area contributed by atoms with E-state index in [0.717, 1.165) is 9.84 Å². The molecule has 1 nitrogen and oxygen atoms in total. The molecule has 8 heavy (non-hydrogen) atoms. The van der Waals surface area contributed by atoms with Gasteiger partial charge in [-0.3, -0.25) is 0 Å². The van der Waals surface area contributed by atoms with Gasteiger partial charge in [0.05, 0.1) is 0 Å². The van der Waals surface area contributed by atoms with E-state index in [-0.39, 0.29) is 0 Å². The number of alkyl halides is 1. The predicted molar refractivity (Wildman–Crippen MR) is 44.5 cm³/mol. The van der Waals surface area contributed by atoms with Crippen LogP contribution in [0.15, 0.2) is 0 Å². The van der Waals surface area contributed by atoms with Crippen LogP contribution in [0.5, 0.6) is 0 Å². The second-order valence-electron chi connectivity index (χ2n) is 2.43. The third-order valence-electron chi connectivity index (χ3n) is 1.75. The van der Waals surface area contributed by atoms with Gasteiger partial charge in [0.15, 0.2) is 0 Å². The first kappa shape index (κ1) is 6.81. The SMILES string of the molecule is CC(I)[C@H]1CCNC1. The van der Waals surface area contributed by atoms with Crippen molar-refractivity contribution in [1.29, 1.82) is 0 Å². The van der Waals surface area contributed by atoms with Gasteiger partial charge in [0.25, 0.3) is 0 Å². The molecule has 0 spiro atoms. The van der Waals surface area contributed by atoms with Crippen LogP contribution in [0.3, 0.4) is 0 Å². The Morgan fingerprint density at radius 2 is 2.50 bits per heavy atom. The number of halogens is 1. The molecule has 2 atom stereocenters. The Morgan fingerprint density at radius 1 is 1.75 bits per heavy atom. The van der Waals surface area contributed by atoms with Gasteiger partial charge < -0.3 is 5.32 Å². The molecule has 0 bridgehead atoms.